The van der Waals surface area contributed by atoms with E-state index in [4.69, 9.17) is 18.9 Å². The summed E-state index contributed by atoms with van der Waals surface area (Å²) in [5.41, 5.74) is 3.93. The van der Waals surface area contributed by atoms with E-state index in [1.807, 2.05) is 30.3 Å². The standard InChI is InChI=1S/C29H30N2O6/c1-3-4-18-35-24-12-14-25(15-13-24)36-21-28(32)31-30-20-23-10-16-26(27(19-23)34-2)37-29(33)17-11-22-8-6-5-7-9-22/h5-17,19-20H,3-4,18,21H2,1-2H3,(H,31,32). The first-order valence-electron chi connectivity index (χ1n) is 11.9. The van der Waals surface area contributed by atoms with Crippen molar-refractivity contribution in [3.63, 3.8) is 0 Å². The molecule has 3 aromatic carbocycles. The Bertz CT molecular complexity index is 1210. The fourth-order valence-corrected chi connectivity index (χ4v) is 3.05. The molecule has 0 spiro atoms. The number of rotatable bonds is 13. The quantitative estimate of drug-likeness (QED) is 0.0881. The highest BCUT2D eigenvalue weighted by atomic mass is 16.6. The number of carbonyl (C=O) groups excluding carboxylic acids is 2. The molecule has 0 unspecified atom stereocenters. The van der Waals surface area contributed by atoms with Gasteiger partial charge < -0.3 is 18.9 Å². The van der Waals surface area contributed by atoms with Crippen LogP contribution in [0.5, 0.6) is 23.0 Å². The molecule has 0 aromatic heterocycles. The van der Waals surface area contributed by atoms with Gasteiger partial charge in [0.15, 0.2) is 18.1 Å². The number of hydrazone groups is 1. The molecular weight excluding hydrogens is 472 g/mol. The molecular formula is C29H30N2O6. The lowest BCUT2D eigenvalue weighted by atomic mass is 10.2. The summed E-state index contributed by atoms with van der Waals surface area (Å²) in [5.74, 6) is 0.977. The van der Waals surface area contributed by atoms with Crippen molar-refractivity contribution in [2.45, 2.75) is 19.8 Å². The summed E-state index contributed by atoms with van der Waals surface area (Å²) >= 11 is 0. The monoisotopic (exact) mass is 502 g/mol. The van der Waals surface area contributed by atoms with Gasteiger partial charge in [0, 0.05) is 6.08 Å². The number of unbranched alkanes of at least 4 members (excludes halogenated alkanes) is 1. The lowest BCUT2D eigenvalue weighted by Gasteiger charge is -2.09. The molecule has 8 heteroatoms. The van der Waals surface area contributed by atoms with Crippen molar-refractivity contribution >= 4 is 24.2 Å². The van der Waals surface area contributed by atoms with Gasteiger partial charge in [-0.2, -0.15) is 5.10 Å². The lowest BCUT2D eigenvalue weighted by molar-refractivity contribution is -0.129. The first-order chi connectivity index (χ1) is 18.1. The Labute approximate surface area is 216 Å². The summed E-state index contributed by atoms with van der Waals surface area (Å²) in [6.45, 7) is 2.58. The van der Waals surface area contributed by atoms with Crippen LogP contribution in [0.4, 0.5) is 0 Å². The average molecular weight is 503 g/mol. The van der Waals surface area contributed by atoms with E-state index in [1.54, 1.807) is 48.5 Å². The Hall–Kier alpha value is -4.59. The third-order valence-electron chi connectivity index (χ3n) is 4.97. The molecule has 37 heavy (non-hydrogen) atoms. The summed E-state index contributed by atoms with van der Waals surface area (Å²) in [5, 5.41) is 3.94. The van der Waals surface area contributed by atoms with Crippen LogP contribution in [0.15, 0.2) is 84.0 Å². The van der Waals surface area contributed by atoms with E-state index >= 15 is 0 Å². The molecule has 8 nitrogen and oxygen atoms in total. The first kappa shape index (κ1) is 27.0. The van der Waals surface area contributed by atoms with Gasteiger partial charge >= 0.3 is 5.97 Å². The molecule has 0 aliphatic carbocycles. The second-order valence-electron chi connectivity index (χ2n) is 7.83. The van der Waals surface area contributed by atoms with Crippen LogP contribution >= 0.6 is 0 Å². The van der Waals surface area contributed by atoms with E-state index in [1.165, 1.54) is 19.4 Å². The van der Waals surface area contributed by atoms with E-state index in [0.717, 1.165) is 24.2 Å². The Morgan fingerprint density at radius 2 is 1.62 bits per heavy atom. The fourth-order valence-electron chi connectivity index (χ4n) is 3.05. The number of methoxy groups -OCH3 is 1. The van der Waals surface area contributed by atoms with Crippen molar-refractivity contribution in [1.29, 1.82) is 0 Å². The number of hydrogen-bond donors (Lipinski definition) is 1. The van der Waals surface area contributed by atoms with E-state index in [2.05, 4.69) is 17.5 Å². The van der Waals surface area contributed by atoms with Crippen molar-refractivity contribution in [2.75, 3.05) is 20.3 Å². The van der Waals surface area contributed by atoms with Gasteiger partial charge in [0.1, 0.15) is 11.5 Å². The lowest BCUT2D eigenvalue weighted by Crippen LogP contribution is -2.24. The molecule has 1 N–H and O–H groups in total. The van der Waals surface area contributed by atoms with Crippen molar-refractivity contribution in [3.8, 4) is 23.0 Å². The Morgan fingerprint density at radius 1 is 0.892 bits per heavy atom. The highest BCUT2D eigenvalue weighted by molar-refractivity contribution is 5.89. The molecule has 0 fully saturated rings. The molecule has 3 aromatic rings. The number of benzene rings is 3. The third kappa shape index (κ3) is 9.52. The molecule has 0 saturated heterocycles. The van der Waals surface area contributed by atoms with Crippen LogP contribution < -0.4 is 24.4 Å². The number of hydrogen-bond acceptors (Lipinski definition) is 7. The zero-order chi connectivity index (χ0) is 26.3. The maximum Gasteiger partial charge on any atom is 0.336 e. The highest BCUT2D eigenvalue weighted by Gasteiger charge is 2.09. The highest BCUT2D eigenvalue weighted by Crippen LogP contribution is 2.28. The molecule has 192 valence electrons. The van der Waals surface area contributed by atoms with Gasteiger partial charge in [-0.1, -0.05) is 43.7 Å². The number of esters is 1. The van der Waals surface area contributed by atoms with E-state index in [9.17, 15) is 9.59 Å². The number of nitrogens with zero attached hydrogens (tertiary/aromatic N) is 1. The fraction of sp³-hybridized carbons (Fsp3) is 0.207. The largest absolute Gasteiger partial charge is 0.494 e. The minimum atomic E-state index is -0.533. The third-order valence-corrected chi connectivity index (χ3v) is 4.97. The number of nitrogens with one attached hydrogen (secondary N) is 1. The Balaban J connectivity index is 1.46. The summed E-state index contributed by atoms with van der Waals surface area (Å²) in [7, 11) is 1.47. The Kier molecular flexibility index (Phi) is 10.7. The predicted octanol–water partition coefficient (Wildman–Crippen LogP) is 5.02. The van der Waals surface area contributed by atoms with Crippen LogP contribution in [0.25, 0.3) is 6.08 Å². The zero-order valence-electron chi connectivity index (χ0n) is 20.9. The van der Waals surface area contributed by atoms with Gasteiger partial charge in [0.25, 0.3) is 5.91 Å². The van der Waals surface area contributed by atoms with E-state index < -0.39 is 11.9 Å². The summed E-state index contributed by atoms with van der Waals surface area (Å²) in [4.78, 5) is 24.2. The minimum Gasteiger partial charge on any atom is -0.494 e. The van der Waals surface area contributed by atoms with Crippen LogP contribution in [0, 0.1) is 0 Å². The van der Waals surface area contributed by atoms with Crippen molar-refractivity contribution in [2.24, 2.45) is 5.10 Å². The van der Waals surface area contributed by atoms with Crippen molar-refractivity contribution in [1.82, 2.24) is 5.43 Å². The summed E-state index contributed by atoms with van der Waals surface area (Å²) in [6.07, 6.45) is 6.53. The predicted molar refractivity (Wildman–Crippen MR) is 142 cm³/mol. The number of amides is 1. The molecule has 0 bridgehead atoms. The van der Waals surface area contributed by atoms with Gasteiger partial charge in [-0.15, -0.1) is 0 Å². The van der Waals surface area contributed by atoms with Gasteiger partial charge in [-0.3, -0.25) is 4.79 Å². The second kappa shape index (κ2) is 14.7. The van der Waals surface area contributed by atoms with E-state index in [0.29, 0.717) is 23.7 Å². The van der Waals surface area contributed by atoms with Crippen LogP contribution in [-0.2, 0) is 9.59 Å². The maximum atomic E-state index is 12.2. The number of carbonyl (C=O) groups is 2. The van der Waals surface area contributed by atoms with Crippen LogP contribution in [0.3, 0.4) is 0 Å². The zero-order valence-corrected chi connectivity index (χ0v) is 20.9. The Morgan fingerprint density at radius 3 is 2.32 bits per heavy atom. The first-order valence-corrected chi connectivity index (χ1v) is 11.9. The normalized spacial score (nSPS) is 10.9. The van der Waals surface area contributed by atoms with Gasteiger partial charge in [-0.05, 0) is 66.1 Å². The second-order valence-corrected chi connectivity index (χ2v) is 7.83. The summed E-state index contributed by atoms with van der Waals surface area (Å²) < 4.78 is 21.8. The topological polar surface area (TPSA) is 95.5 Å². The van der Waals surface area contributed by atoms with Crippen molar-refractivity contribution < 1.29 is 28.5 Å². The molecule has 0 radical (unpaired) electrons. The minimum absolute atomic E-state index is 0.192. The number of ether oxygens (including phenoxy) is 4. The van der Waals surface area contributed by atoms with Gasteiger partial charge in [-0.25, -0.2) is 10.2 Å². The van der Waals surface area contributed by atoms with E-state index in [-0.39, 0.29) is 12.4 Å². The van der Waals surface area contributed by atoms with Crippen LogP contribution in [0.2, 0.25) is 0 Å². The summed E-state index contributed by atoms with van der Waals surface area (Å²) in [6, 6.07) is 21.4. The van der Waals surface area contributed by atoms with Crippen LogP contribution in [0.1, 0.15) is 30.9 Å². The van der Waals surface area contributed by atoms with Crippen molar-refractivity contribution in [3.05, 3.63) is 90.0 Å². The molecule has 0 aliphatic rings. The van der Waals surface area contributed by atoms with Gasteiger partial charge in [0.05, 0.1) is 19.9 Å². The molecule has 0 atom stereocenters. The average Bonchev–Trinajstić information content (AvgIpc) is 2.93. The molecule has 1 amide bonds. The maximum absolute atomic E-state index is 12.2. The molecule has 0 saturated carbocycles. The molecule has 0 heterocycles. The smallest absolute Gasteiger partial charge is 0.336 e. The molecule has 3 rings (SSSR count). The van der Waals surface area contributed by atoms with Crippen LogP contribution in [-0.4, -0.2) is 38.4 Å². The SMILES string of the molecule is CCCCOc1ccc(OCC(=O)NN=Cc2ccc(OC(=O)C=Cc3ccccc3)c(OC)c2)cc1. The van der Waals surface area contributed by atoms with Gasteiger partial charge in [0.2, 0.25) is 0 Å². The molecule has 0 aliphatic heterocycles.